The summed E-state index contributed by atoms with van der Waals surface area (Å²) in [6, 6.07) is 8.79. The van der Waals surface area contributed by atoms with E-state index in [1.54, 1.807) is 10.7 Å². The van der Waals surface area contributed by atoms with Crippen LogP contribution in [0.15, 0.2) is 30.3 Å². The first-order chi connectivity index (χ1) is 14.3. The SMILES string of the molecule is Cc1cc(C)n(-c2ccccc2NC(=O)CN2C(=O)NC3(CCC(C)CC3)C2=O)n1. The number of imide groups is 1. The van der Waals surface area contributed by atoms with Crippen LogP contribution in [0.4, 0.5) is 10.5 Å². The molecule has 4 rings (SSSR count). The van der Waals surface area contributed by atoms with Gasteiger partial charge >= 0.3 is 6.03 Å². The quantitative estimate of drug-likeness (QED) is 0.759. The van der Waals surface area contributed by atoms with Crippen LogP contribution in [0.5, 0.6) is 0 Å². The number of aryl methyl sites for hydroxylation is 2. The normalized spacial score (nSPS) is 23.7. The standard InChI is InChI=1S/C22H27N5O3/c1-14-8-10-22(11-9-14)20(29)26(21(30)24-22)13-19(28)23-17-6-4-5-7-18(17)27-16(3)12-15(2)25-27/h4-7,12,14H,8-11,13H2,1-3H3,(H,23,28)(H,24,30). The van der Waals surface area contributed by atoms with E-state index in [9.17, 15) is 14.4 Å². The van der Waals surface area contributed by atoms with Crippen molar-refractivity contribution in [2.24, 2.45) is 5.92 Å². The van der Waals surface area contributed by atoms with Gasteiger partial charge in [-0.1, -0.05) is 19.1 Å². The summed E-state index contributed by atoms with van der Waals surface area (Å²) in [5.74, 6) is -0.168. The molecular weight excluding hydrogens is 382 g/mol. The molecule has 8 heteroatoms. The van der Waals surface area contributed by atoms with Crippen molar-refractivity contribution in [1.29, 1.82) is 0 Å². The van der Waals surface area contributed by atoms with Crippen LogP contribution in [0.2, 0.25) is 0 Å². The number of nitrogens with one attached hydrogen (secondary N) is 2. The number of rotatable bonds is 4. The second-order valence-corrected chi connectivity index (χ2v) is 8.49. The molecule has 0 unspecified atom stereocenters. The highest BCUT2D eigenvalue weighted by atomic mass is 16.2. The Labute approximate surface area is 175 Å². The van der Waals surface area contributed by atoms with Gasteiger partial charge in [-0.3, -0.25) is 14.5 Å². The molecule has 158 valence electrons. The number of hydrogen-bond acceptors (Lipinski definition) is 4. The average Bonchev–Trinajstić information content (AvgIpc) is 3.15. The lowest BCUT2D eigenvalue weighted by atomic mass is 9.77. The molecule has 1 aromatic heterocycles. The molecule has 30 heavy (non-hydrogen) atoms. The first-order valence-corrected chi connectivity index (χ1v) is 10.4. The van der Waals surface area contributed by atoms with Gasteiger partial charge in [-0.25, -0.2) is 9.48 Å². The van der Waals surface area contributed by atoms with Crippen LogP contribution in [0.1, 0.15) is 44.0 Å². The first kappa shape index (κ1) is 20.1. The number of carbonyl (C=O) groups excluding carboxylic acids is 3. The number of hydrogen-bond donors (Lipinski definition) is 2. The molecule has 2 aliphatic rings. The Morgan fingerprint density at radius 1 is 1.23 bits per heavy atom. The molecule has 2 N–H and O–H groups in total. The molecule has 1 aliphatic heterocycles. The van der Waals surface area contributed by atoms with E-state index >= 15 is 0 Å². The van der Waals surface area contributed by atoms with Crippen LogP contribution in [-0.4, -0.2) is 44.6 Å². The molecule has 2 fully saturated rings. The second-order valence-electron chi connectivity index (χ2n) is 8.49. The van der Waals surface area contributed by atoms with Gasteiger partial charge in [0, 0.05) is 5.69 Å². The zero-order chi connectivity index (χ0) is 21.5. The fraction of sp³-hybridized carbons (Fsp3) is 0.455. The maximum Gasteiger partial charge on any atom is 0.325 e. The van der Waals surface area contributed by atoms with Crippen LogP contribution < -0.4 is 10.6 Å². The Kier molecular flexibility index (Phi) is 5.09. The maximum absolute atomic E-state index is 13.0. The molecule has 1 saturated heterocycles. The molecule has 0 bridgehead atoms. The van der Waals surface area contributed by atoms with Gasteiger partial charge in [0.05, 0.1) is 17.1 Å². The minimum absolute atomic E-state index is 0.290. The van der Waals surface area contributed by atoms with Gasteiger partial charge in [-0.15, -0.1) is 0 Å². The minimum Gasteiger partial charge on any atom is -0.323 e. The number of benzene rings is 1. The van der Waals surface area contributed by atoms with E-state index in [1.807, 2.05) is 38.1 Å². The number of urea groups is 1. The fourth-order valence-electron chi connectivity index (χ4n) is 4.38. The molecule has 1 aromatic carbocycles. The van der Waals surface area contributed by atoms with Crippen molar-refractivity contribution in [2.75, 3.05) is 11.9 Å². The van der Waals surface area contributed by atoms with Crippen molar-refractivity contribution < 1.29 is 14.4 Å². The van der Waals surface area contributed by atoms with Gasteiger partial charge in [-0.2, -0.15) is 5.10 Å². The van der Waals surface area contributed by atoms with Crippen molar-refractivity contribution in [3.63, 3.8) is 0 Å². The van der Waals surface area contributed by atoms with Crippen molar-refractivity contribution in [3.8, 4) is 5.69 Å². The van der Waals surface area contributed by atoms with E-state index in [2.05, 4.69) is 22.7 Å². The Hall–Kier alpha value is -3.16. The molecule has 1 saturated carbocycles. The second kappa shape index (κ2) is 7.59. The molecule has 8 nitrogen and oxygen atoms in total. The smallest absolute Gasteiger partial charge is 0.323 e. The Bertz CT molecular complexity index is 1000. The number of amides is 4. The van der Waals surface area contributed by atoms with Gasteiger partial charge in [0.15, 0.2) is 0 Å². The number of nitrogens with zero attached hydrogens (tertiary/aromatic N) is 3. The molecule has 2 heterocycles. The summed E-state index contributed by atoms with van der Waals surface area (Å²) in [6.45, 7) is 5.69. The van der Waals surface area contributed by atoms with E-state index in [0.717, 1.165) is 34.8 Å². The lowest BCUT2D eigenvalue weighted by Crippen LogP contribution is -2.49. The summed E-state index contributed by atoms with van der Waals surface area (Å²) < 4.78 is 1.76. The predicted octanol–water partition coefficient (Wildman–Crippen LogP) is 2.93. The summed E-state index contributed by atoms with van der Waals surface area (Å²) in [5, 5.41) is 10.2. The van der Waals surface area contributed by atoms with Crippen molar-refractivity contribution >= 4 is 23.5 Å². The van der Waals surface area contributed by atoms with Gasteiger partial charge < -0.3 is 10.6 Å². The van der Waals surface area contributed by atoms with E-state index in [-0.39, 0.29) is 12.5 Å². The van der Waals surface area contributed by atoms with Crippen LogP contribution in [0.3, 0.4) is 0 Å². The van der Waals surface area contributed by atoms with Crippen molar-refractivity contribution in [3.05, 3.63) is 41.7 Å². The zero-order valence-electron chi connectivity index (χ0n) is 17.6. The fourth-order valence-corrected chi connectivity index (χ4v) is 4.38. The summed E-state index contributed by atoms with van der Waals surface area (Å²) in [5.41, 5.74) is 2.27. The third-order valence-electron chi connectivity index (χ3n) is 6.09. The van der Waals surface area contributed by atoms with Crippen LogP contribution >= 0.6 is 0 Å². The highest BCUT2D eigenvalue weighted by Crippen LogP contribution is 2.36. The Morgan fingerprint density at radius 3 is 2.60 bits per heavy atom. The molecule has 1 aliphatic carbocycles. The number of carbonyl (C=O) groups is 3. The van der Waals surface area contributed by atoms with Gasteiger partial charge in [0.2, 0.25) is 5.91 Å². The van der Waals surface area contributed by atoms with Gasteiger partial charge in [0.1, 0.15) is 12.1 Å². The van der Waals surface area contributed by atoms with Gasteiger partial charge in [0.25, 0.3) is 5.91 Å². The number of anilines is 1. The van der Waals surface area contributed by atoms with Crippen molar-refractivity contribution in [2.45, 2.75) is 52.0 Å². The lowest BCUT2D eigenvalue weighted by molar-refractivity contribution is -0.135. The monoisotopic (exact) mass is 409 g/mol. The highest BCUT2D eigenvalue weighted by Gasteiger charge is 2.52. The molecule has 4 amide bonds. The van der Waals surface area contributed by atoms with E-state index < -0.39 is 17.5 Å². The van der Waals surface area contributed by atoms with Gasteiger partial charge in [-0.05, 0) is 63.6 Å². The van der Waals surface area contributed by atoms with E-state index in [1.165, 1.54) is 0 Å². The Balaban J connectivity index is 1.49. The van der Waals surface area contributed by atoms with Crippen LogP contribution in [0.25, 0.3) is 5.69 Å². The topological polar surface area (TPSA) is 96.3 Å². The minimum atomic E-state index is -0.842. The van der Waals surface area contributed by atoms with Crippen LogP contribution in [-0.2, 0) is 9.59 Å². The summed E-state index contributed by atoms with van der Waals surface area (Å²) >= 11 is 0. The predicted molar refractivity (Wildman–Crippen MR) is 112 cm³/mol. The molecule has 0 atom stereocenters. The molecule has 2 aromatic rings. The van der Waals surface area contributed by atoms with Crippen molar-refractivity contribution in [1.82, 2.24) is 20.0 Å². The zero-order valence-corrected chi connectivity index (χ0v) is 17.6. The Morgan fingerprint density at radius 2 is 1.93 bits per heavy atom. The molecular formula is C22H27N5O3. The average molecular weight is 409 g/mol. The van der Waals surface area contributed by atoms with E-state index in [0.29, 0.717) is 24.4 Å². The summed E-state index contributed by atoms with van der Waals surface area (Å²) in [6.07, 6.45) is 3.03. The lowest BCUT2D eigenvalue weighted by Gasteiger charge is -2.33. The summed E-state index contributed by atoms with van der Waals surface area (Å²) in [4.78, 5) is 39.2. The maximum atomic E-state index is 13.0. The van der Waals surface area contributed by atoms with E-state index in [4.69, 9.17) is 0 Å². The van der Waals surface area contributed by atoms with Crippen LogP contribution in [0, 0.1) is 19.8 Å². The number of para-hydroxylation sites is 2. The third-order valence-corrected chi connectivity index (χ3v) is 6.09. The molecule has 1 spiro atoms. The highest BCUT2D eigenvalue weighted by molar-refractivity contribution is 6.10. The first-order valence-electron chi connectivity index (χ1n) is 10.4. The largest absolute Gasteiger partial charge is 0.325 e. The molecule has 0 radical (unpaired) electrons. The summed E-state index contributed by atoms with van der Waals surface area (Å²) in [7, 11) is 0. The number of aromatic nitrogens is 2. The third kappa shape index (κ3) is 3.58.